The predicted octanol–water partition coefficient (Wildman–Crippen LogP) is 3.17. The molecule has 118 valence electrons. The molecule has 0 saturated carbocycles. The maximum atomic E-state index is 6.19. The van der Waals surface area contributed by atoms with Crippen molar-refractivity contribution in [2.24, 2.45) is 0 Å². The third-order valence-electron chi connectivity index (χ3n) is 5.03. The van der Waals surface area contributed by atoms with Gasteiger partial charge in [0.1, 0.15) is 0 Å². The number of hydrogen-bond donors (Lipinski definition) is 1. The molecule has 2 atom stereocenters. The lowest BCUT2D eigenvalue weighted by molar-refractivity contribution is -0.100. The normalized spacial score (nSPS) is 26.9. The van der Waals surface area contributed by atoms with Gasteiger partial charge in [0.05, 0.1) is 17.8 Å². The van der Waals surface area contributed by atoms with E-state index in [1.54, 1.807) is 0 Å². The summed E-state index contributed by atoms with van der Waals surface area (Å²) in [6.07, 6.45) is 10.00. The minimum absolute atomic E-state index is 0.132. The SMILES string of the molecule is CCC(NC)c1cnn(C2CCOC3(CCSCC3)C2)c1. The van der Waals surface area contributed by atoms with Gasteiger partial charge in [0.15, 0.2) is 0 Å². The van der Waals surface area contributed by atoms with E-state index in [1.807, 2.05) is 13.2 Å². The van der Waals surface area contributed by atoms with Crippen LogP contribution in [-0.4, -0.2) is 40.5 Å². The minimum Gasteiger partial charge on any atom is -0.375 e. The van der Waals surface area contributed by atoms with Gasteiger partial charge < -0.3 is 10.1 Å². The monoisotopic (exact) mass is 309 g/mol. The molecule has 2 aliphatic rings. The zero-order valence-corrected chi connectivity index (χ0v) is 14.0. The molecule has 1 N–H and O–H groups in total. The standard InChI is InChI=1S/C16H27N3OS/c1-3-15(17-2)13-11-18-19(12-13)14-4-7-20-16(10-14)5-8-21-9-6-16/h11-12,14-15,17H,3-10H2,1-2H3. The fraction of sp³-hybridized carbons (Fsp3) is 0.812. The molecule has 3 rings (SSSR count). The van der Waals surface area contributed by atoms with Gasteiger partial charge in [-0.2, -0.15) is 16.9 Å². The van der Waals surface area contributed by atoms with E-state index in [0.29, 0.717) is 12.1 Å². The van der Waals surface area contributed by atoms with E-state index in [4.69, 9.17) is 4.74 Å². The van der Waals surface area contributed by atoms with Crippen molar-refractivity contribution in [1.82, 2.24) is 15.1 Å². The second-order valence-corrected chi connectivity index (χ2v) is 7.52. The summed E-state index contributed by atoms with van der Waals surface area (Å²) < 4.78 is 8.38. The highest BCUT2D eigenvalue weighted by atomic mass is 32.2. The first-order valence-electron chi connectivity index (χ1n) is 8.19. The summed E-state index contributed by atoms with van der Waals surface area (Å²) in [5, 5.41) is 8.01. The van der Waals surface area contributed by atoms with Crippen LogP contribution in [0.15, 0.2) is 12.4 Å². The topological polar surface area (TPSA) is 39.1 Å². The Kier molecular flexibility index (Phi) is 4.92. The molecule has 2 saturated heterocycles. The van der Waals surface area contributed by atoms with Crippen molar-refractivity contribution in [2.45, 2.75) is 56.7 Å². The van der Waals surface area contributed by atoms with Crippen molar-refractivity contribution in [3.05, 3.63) is 18.0 Å². The Labute approximate surface area is 132 Å². The molecule has 21 heavy (non-hydrogen) atoms. The van der Waals surface area contributed by atoms with E-state index in [1.165, 1.54) is 29.9 Å². The van der Waals surface area contributed by atoms with Crippen LogP contribution < -0.4 is 5.32 Å². The van der Waals surface area contributed by atoms with Crippen molar-refractivity contribution in [3.8, 4) is 0 Å². The van der Waals surface area contributed by atoms with Crippen LogP contribution in [0.5, 0.6) is 0 Å². The zero-order chi connectivity index (χ0) is 14.7. The number of thioether (sulfide) groups is 1. The summed E-state index contributed by atoms with van der Waals surface area (Å²) in [5.74, 6) is 2.49. The molecule has 0 aliphatic carbocycles. The summed E-state index contributed by atoms with van der Waals surface area (Å²) in [6, 6.07) is 0.920. The van der Waals surface area contributed by atoms with Gasteiger partial charge in [-0.15, -0.1) is 0 Å². The predicted molar refractivity (Wildman–Crippen MR) is 87.8 cm³/mol. The Bertz CT molecular complexity index is 447. The molecule has 3 heterocycles. The van der Waals surface area contributed by atoms with Crippen LogP contribution in [0.1, 0.15) is 56.7 Å². The van der Waals surface area contributed by atoms with E-state index < -0.39 is 0 Å². The van der Waals surface area contributed by atoms with Crippen molar-refractivity contribution < 1.29 is 4.74 Å². The Morgan fingerprint density at radius 3 is 3.05 bits per heavy atom. The highest BCUT2D eigenvalue weighted by Gasteiger charge is 2.39. The van der Waals surface area contributed by atoms with Crippen LogP contribution in [-0.2, 0) is 4.74 Å². The molecule has 0 aromatic carbocycles. The summed E-state index contributed by atoms with van der Waals surface area (Å²) >= 11 is 2.06. The van der Waals surface area contributed by atoms with Crippen molar-refractivity contribution in [3.63, 3.8) is 0 Å². The Balaban J connectivity index is 1.71. The molecule has 4 nitrogen and oxygen atoms in total. The van der Waals surface area contributed by atoms with Crippen molar-refractivity contribution in [1.29, 1.82) is 0 Å². The van der Waals surface area contributed by atoms with Crippen LogP contribution >= 0.6 is 11.8 Å². The number of rotatable bonds is 4. The molecule has 2 aliphatic heterocycles. The highest BCUT2D eigenvalue weighted by molar-refractivity contribution is 7.99. The molecular weight excluding hydrogens is 282 g/mol. The average molecular weight is 309 g/mol. The van der Waals surface area contributed by atoms with Gasteiger partial charge in [-0.25, -0.2) is 0 Å². The highest BCUT2D eigenvalue weighted by Crippen LogP contribution is 2.41. The summed E-state index contributed by atoms with van der Waals surface area (Å²) in [6.45, 7) is 3.09. The Morgan fingerprint density at radius 2 is 2.33 bits per heavy atom. The van der Waals surface area contributed by atoms with Gasteiger partial charge in [0.25, 0.3) is 0 Å². The maximum absolute atomic E-state index is 6.19. The number of hydrogen-bond acceptors (Lipinski definition) is 4. The molecule has 1 aromatic heterocycles. The maximum Gasteiger partial charge on any atom is 0.0718 e. The van der Waals surface area contributed by atoms with Crippen LogP contribution in [0.3, 0.4) is 0 Å². The molecular formula is C16H27N3OS. The largest absolute Gasteiger partial charge is 0.375 e. The van der Waals surface area contributed by atoms with Crippen LogP contribution in [0.25, 0.3) is 0 Å². The number of ether oxygens (including phenoxy) is 1. The smallest absolute Gasteiger partial charge is 0.0718 e. The fourth-order valence-electron chi connectivity index (χ4n) is 3.66. The van der Waals surface area contributed by atoms with E-state index in [-0.39, 0.29) is 5.60 Å². The van der Waals surface area contributed by atoms with Gasteiger partial charge in [0, 0.05) is 24.4 Å². The second-order valence-electron chi connectivity index (χ2n) is 6.29. The van der Waals surface area contributed by atoms with E-state index >= 15 is 0 Å². The molecule has 0 radical (unpaired) electrons. The van der Waals surface area contributed by atoms with Crippen LogP contribution in [0.2, 0.25) is 0 Å². The Hall–Kier alpha value is -0.520. The molecule has 2 unspecified atom stereocenters. The van der Waals surface area contributed by atoms with Crippen LogP contribution in [0.4, 0.5) is 0 Å². The lowest BCUT2D eigenvalue weighted by atomic mass is 9.85. The zero-order valence-electron chi connectivity index (χ0n) is 13.2. The van der Waals surface area contributed by atoms with Crippen LogP contribution in [0, 0.1) is 0 Å². The van der Waals surface area contributed by atoms with Gasteiger partial charge in [0.2, 0.25) is 0 Å². The van der Waals surface area contributed by atoms with Crippen molar-refractivity contribution >= 4 is 11.8 Å². The average Bonchev–Trinajstić information content (AvgIpc) is 2.99. The molecule has 0 amide bonds. The number of nitrogens with zero attached hydrogens (tertiary/aromatic N) is 2. The number of aromatic nitrogens is 2. The lowest BCUT2D eigenvalue weighted by Crippen LogP contribution is -2.43. The fourth-order valence-corrected chi connectivity index (χ4v) is 4.90. The first-order valence-corrected chi connectivity index (χ1v) is 9.35. The van der Waals surface area contributed by atoms with Gasteiger partial charge in [-0.1, -0.05) is 6.92 Å². The lowest BCUT2D eigenvalue weighted by Gasteiger charge is -2.43. The molecule has 1 spiro atoms. The minimum atomic E-state index is 0.132. The van der Waals surface area contributed by atoms with Gasteiger partial charge in [-0.05, 0) is 50.7 Å². The van der Waals surface area contributed by atoms with Crippen molar-refractivity contribution in [2.75, 3.05) is 25.2 Å². The molecule has 2 fully saturated rings. The second kappa shape index (κ2) is 6.71. The quantitative estimate of drug-likeness (QED) is 0.927. The summed E-state index contributed by atoms with van der Waals surface area (Å²) in [7, 11) is 2.02. The third-order valence-corrected chi connectivity index (χ3v) is 6.01. The summed E-state index contributed by atoms with van der Waals surface area (Å²) in [4.78, 5) is 0. The van der Waals surface area contributed by atoms with E-state index in [2.05, 4.69) is 40.0 Å². The Morgan fingerprint density at radius 1 is 1.52 bits per heavy atom. The molecule has 5 heteroatoms. The first-order chi connectivity index (χ1) is 10.3. The summed E-state index contributed by atoms with van der Waals surface area (Å²) in [5.41, 5.74) is 1.44. The van der Waals surface area contributed by atoms with E-state index in [9.17, 15) is 0 Å². The number of nitrogens with one attached hydrogen (secondary N) is 1. The first kappa shape index (κ1) is 15.4. The molecule has 0 bridgehead atoms. The van der Waals surface area contributed by atoms with Gasteiger partial charge in [-0.3, -0.25) is 4.68 Å². The third kappa shape index (κ3) is 3.30. The van der Waals surface area contributed by atoms with E-state index in [0.717, 1.165) is 25.9 Å². The van der Waals surface area contributed by atoms with Gasteiger partial charge >= 0.3 is 0 Å². The molecule has 1 aromatic rings.